The molecule has 1 aromatic heterocycles. The van der Waals surface area contributed by atoms with Crippen LogP contribution in [0.4, 0.5) is 4.39 Å². The first-order valence-corrected chi connectivity index (χ1v) is 8.60. The normalized spacial score (nSPS) is 18.0. The highest BCUT2D eigenvalue weighted by molar-refractivity contribution is 5.29. The zero-order valence-electron chi connectivity index (χ0n) is 15.1. The minimum Gasteiger partial charge on any atom is -0.497 e. The van der Waals surface area contributed by atoms with Gasteiger partial charge in [0, 0.05) is 30.9 Å². The second-order valence-electron chi connectivity index (χ2n) is 6.73. The van der Waals surface area contributed by atoms with Crippen molar-refractivity contribution in [2.45, 2.75) is 32.0 Å². The van der Waals surface area contributed by atoms with Gasteiger partial charge in [-0.1, -0.05) is 6.07 Å². The lowest BCUT2D eigenvalue weighted by atomic mass is 10.1. The molecule has 1 atom stereocenters. The van der Waals surface area contributed by atoms with E-state index in [1.165, 1.54) is 6.07 Å². The van der Waals surface area contributed by atoms with E-state index in [-0.39, 0.29) is 11.9 Å². The third-order valence-electron chi connectivity index (χ3n) is 4.51. The second-order valence-corrected chi connectivity index (χ2v) is 6.73. The van der Waals surface area contributed by atoms with E-state index in [2.05, 4.69) is 14.8 Å². The highest BCUT2D eigenvalue weighted by atomic mass is 19.1. The molecule has 1 fully saturated rings. The summed E-state index contributed by atoms with van der Waals surface area (Å²) in [5.41, 5.74) is 1.69. The Morgan fingerprint density at radius 2 is 2.16 bits per heavy atom. The molecule has 0 saturated carbocycles. The zero-order valence-corrected chi connectivity index (χ0v) is 15.1. The Morgan fingerprint density at radius 3 is 2.88 bits per heavy atom. The van der Waals surface area contributed by atoms with E-state index in [4.69, 9.17) is 9.72 Å². The number of hydrogen-bond donors (Lipinski definition) is 0. The van der Waals surface area contributed by atoms with Gasteiger partial charge in [-0.2, -0.15) is 0 Å². The third-order valence-corrected chi connectivity index (χ3v) is 4.51. The molecule has 2 aromatic rings. The fraction of sp³-hybridized carbons (Fsp3) is 0.474. The van der Waals surface area contributed by atoms with Gasteiger partial charge in [0.1, 0.15) is 17.4 Å². The Balaban J connectivity index is 1.77. The molecule has 6 heteroatoms. The number of halogens is 1. The van der Waals surface area contributed by atoms with Crippen LogP contribution in [0.2, 0.25) is 0 Å². The van der Waals surface area contributed by atoms with Crippen molar-refractivity contribution in [2.75, 3.05) is 27.7 Å². The summed E-state index contributed by atoms with van der Waals surface area (Å²) in [4.78, 5) is 13.6. The van der Waals surface area contributed by atoms with E-state index >= 15 is 0 Å². The lowest BCUT2D eigenvalue weighted by Crippen LogP contribution is -2.25. The average molecular weight is 344 g/mol. The summed E-state index contributed by atoms with van der Waals surface area (Å²) in [5.74, 6) is 1.15. The molecule has 3 rings (SSSR count). The van der Waals surface area contributed by atoms with Crippen LogP contribution in [0.5, 0.6) is 5.75 Å². The molecular weight excluding hydrogens is 319 g/mol. The molecule has 1 aliphatic rings. The van der Waals surface area contributed by atoms with Gasteiger partial charge in [-0.25, -0.2) is 14.4 Å². The van der Waals surface area contributed by atoms with Crippen molar-refractivity contribution in [1.29, 1.82) is 0 Å². The lowest BCUT2D eigenvalue weighted by Gasteiger charge is -2.24. The Bertz CT molecular complexity index is 722. The predicted octanol–water partition coefficient (Wildman–Crippen LogP) is 3.02. The number of benzene rings is 1. The summed E-state index contributed by atoms with van der Waals surface area (Å²) in [6, 6.07) is 7.13. The third kappa shape index (κ3) is 4.32. The van der Waals surface area contributed by atoms with E-state index in [0.29, 0.717) is 17.9 Å². The first kappa shape index (κ1) is 17.8. The fourth-order valence-corrected chi connectivity index (χ4v) is 3.30. The molecule has 1 saturated heterocycles. The van der Waals surface area contributed by atoms with Crippen LogP contribution in [0.25, 0.3) is 0 Å². The monoisotopic (exact) mass is 344 g/mol. The first-order valence-electron chi connectivity index (χ1n) is 8.60. The van der Waals surface area contributed by atoms with Crippen LogP contribution in [0.3, 0.4) is 0 Å². The fourth-order valence-electron chi connectivity index (χ4n) is 3.30. The Morgan fingerprint density at radius 1 is 1.32 bits per heavy atom. The van der Waals surface area contributed by atoms with Gasteiger partial charge in [0.25, 0.3) is 0 Å². The number of ether oxygens (including phenoxy) is 1. The van der Waals surface area contributed by atoms with Crippen molar-refractivity contribution in [3.8, 4) is 5.75 Å². The topological polar surface area (TPSA) is 41.5 Å². The first-order chi connectivity index (χ1) is 12.1. The number of likely N-dealkylation sites (tertiary alicyclic amines) is 1. The average Bonchev–Trinajstić information content (AvgIpc) is 3.04. The second kappa shape index (κ2) is 7.89. The van der Waals surface area contributed by atoms with Crippen molar-refractivity contribution in [1.82, 2.24) is 19.8 Å². The largest absolute Gasteiger partial charge is 0.497 e. The van der Waals surface area contributed by atoms with Crippen LogP contribution >= 0.6 is 0 Å². The molecule has 0 spiro atoms. The molecule has 0 bridgehead atoms. The molecule has 0 N–H and O–H groups in total. The van der Waals surface area contributed by atoms with E-state index < -0.39 is 0 Å². The number of rotatable bonds is 6. The Kier molecular flexibility index (Phi) is 5.60. The summed E-state index contributed by atoms with van der Waals surface area (Å²) in [6.07, 6.45) is 3.90. The molecule has 1 aliphatic heterocycles. The zero-order chi connectivity index (χ0) is 17.8. The maximum absolute atomic E-state index is 14.3. The van der Waals surface area contributed by atoms with Crippen LogP contribution < -0.4 is 4.74 Å². The maximum Gasteiger partial charge on any atom is 0.145 e. The summed E-state index contributed by atoms with van der Waals surface area (Å²) < 4.78 is 19.4. The van der Waals surface area contributed by atoms with Crippen LogP contribution in [0, 0.1) is 5.82 Å². The summed E-state index contributed by atoms with van der Waals surface area (Å²) in [6.45, 7) is 2.27. The quantitative estimate of drug-likeness (QED) is 0.806. The molecule has 0 aliphatic carbocycles. The van der Waals surface area contributed by atoms with Crippen LogP contribution in [-0.4, -0.2) is 47.5 Å². The van der Waals surface area contributed by atoms with Crippen molar-refractivity contribution in [3.05, 3.63) is 53.4 Å². The standard InChI is InChI=1S/C19H25FN4O/c1-23(2)13-15-8-9-21-19(22-15)18-5-4-10-24(18)12-14-6-7-16(25-3)11-17(14)20/h6-9,11,18H,4-5,10,12-13H2,1-3H3/t18-/m1/s1. The van der Waals surface area contributed by atoms with Crippen LogP contribution in [0.15, 0.2) is 30.5 Å². The summed E-state index contributed by atoms with van der Waals surface area (Å²) in [5, 5.41) is 0. The van der Waals surface area contributed by atoms with Crippen LogP contribution in [-0.2, 0) is 13.1 Å². The molecule has 134 valence electrons. The number of aromatic nitrogens is 2. The minimum atomic E-state index is -0.229. The van der Waals surface area contributed by atoms with Gasteiger partial charge in [0.2, 0.25) is 0 Å². The molecule has 0 amide bonds. The predicted molar refractivity (Wildman–Crippen MR) is 94.8 cm³/mol. The summed E-state index contributed by atoms with van der Waals surface area (Å²) >= 11 is 0. The molecule has 0 radical (unpaired) electrons. The van der Waals surface area contributed by atoms with Crippen molar-refractivity contribution in [3.63, 3.8) is 0 Å². The van der Waals surface area contributed by atoms with Gasteiger partial charge in [-0.3, -0.25) is 4.90 Å². The Labute approximate surface area is 148 Å². The molecule has 5 nitrogen and oxygen atoms in total. The Hall–Kier alpha value is -2.05. The SMILES string of the molecule is COc1ccc(CN2CCC[C@@H]2c2nccc(CN(C)C)n2)c(F)c1. The maximum atomic E-state index is 14.3. The minimum absolute atomic E-state index is 0.142. The van der Waals surface area contributed by atoms with Crippen molar-refractivity contribution >= 4 is 0 Å². The molecule has 0 unspecified atom stereocenters. The van der Waals surface area contributed by atoms with Gasteiger partial charge in [-0.15, -0.1) is 0 Å². The van der Waals surface area contributed by atoms with E-state index in [1.54, 1.807) is 19.2 Å². The summed E-state index contributed by atoms with van der Waals surface area (Å²) in [7, 11) is 5.59. The smallest absolute Gasteiger partial charge is 0.145 e. The number of hydrogen-bond acceptors (Lipinski definition) is 5. The van der Waals surface area contributed by atoms with Gasteiger partial charge in [0.05, 0.1) is 18.8 Å². The van der Waals surface area contributed by atoms with Gasteiger partial charge in [-0.05, 0) is 45.6 Å². The van der Waals surface area contributed by atoms with E-state index in [1.807, 2.05) is 26.4 Å². The number of nitrogens with zero attached hydrogens (tertiary/aromatic N) is 4. The van der Waals surface area contributed by atoms with Gasteiger partial charge in [0.15, 0.2) is 0 Å². The van der Waals surface area contributed by atoms with E-state index in [0.717, 1.165) is 37.4 Å². The highest BCUT2D eigenvalue weighted by Gasteiger charge is 2.29. The number of methoxy groups -OCH3 is 1. The van der Waals surface area contributed by atoms with Crippen molar-refractivity contribution < 1.29 is 9.13 Å². The van der Waals surface area contributed by atoms with Crippen molar-refractivity contribution in [2.24, 2.45) is 0 Å². The highest BCUT2D eigenvalue weighted by Crippen LogP contribution is 2.32. The van der Waals surface area contributed by atoms with Crippen LogP contribution in [0.1, 0.15) is 36.0 Å². The molecular formula is C19H25FN4O. The van der Waals surface area contributed by atoms with Gasteiger partial charge >= 0.3 is 0 Å². The lowest BCUT2D eigenvalue weighted by molar-refractivity contribution is 0.235. The van der Waals surface area contributed by atoms with E-state index in [9.17, 15) is 4.39 Å². The molecule has 25 heavy (non-hydrogen) atoms. The molecule has 2 heterocycles. The van der Waals surface area contributed by atoms with Gasteiger partial charge < -0.3 is 9.64 Å². The molecule has 1 aromatic carbocycles.